The zero-order valence-electron chi connectivity index (χ0n) is 12.0. The molecule has 0 saturated heterocycles. The molecule has 2 rings (SSSR count). The average molecular weight is 253 g/mol. The summed E-state index contributed by atoms with van der Waals surface area (Å²) in [5.74, 6) is 0. The van der Waals surface area contributed by atoms with Crippen LogP contribution in [-0.4, -0.2) is 7.05 Å². The first kappa shape index (κ1) is 13.7. The Morgan fingerprint density at radius 2 is 1.53 bits per heavy atom. The van der Waals surface area contributed by atoms with Gasteiger partial charge in [-0.2, -0.15) is 0 Å². The molecule has 0 fully saturated rings. The van der Waals surface area contributed by atoms with Gasteiger partial charge in [-0.05, 0) is 36.6 Å². The van der Waals surface area contributed by atoms with Crippen LogP contribution in [0.2, 0.25) is 0 Å². The van der Waals surface area contributed by atoms with Crippen LogP contribution in [0.1, 0.15) is 31.7 Å². The van der Waals surface area contributed by atoms with E-state index < -0.39 is 0 Å². The molecule has 1 heteroatoms. The van der Waals surface area contributed by atoms with Gasteiger partial charge in [0.15, 0.2) is 0 Å². The van der Waals surface area contributed by atoms with E-state index in [4.69, 9.17) is 0 Å². The minimum Gasteiger partial charge on any atom is -0.344 e. The van der Waals surface area contributed by atoms with Crippen LogP contribution in [0, 0.1) is 0 Å². The van der Waals surface area contributed by atoms with Crippen molar-refractivity contribution in [3.8, 4) is 0 Å². The van der Waals surface area contributed by atoms with Crippen molar-refractivity contribution in [2.45, 2.75) is 32.6 Å². The Bertz CT molecular complexity index is 490. The molecular formula is C18H23N. The number of nitrogens with zero attached hydrogens (tertiary/aromatic N) is 1. The quantitative estimate of drug-likeness (QED) is 0.640. The van der Waals surface area contributed by atoms with Crippen molar-refractivity contribution in [3.05, 3.63) is 60.2 Å². The van der Waals surface area contributed by atoms with Gasteiger partial charge in [0.1, 0.15) is 0 Å². The van der Waals surface area contributed by atoms with Crippen LogP contribution in [0.5, 0.6) is 0 Å². The van der Waals surface area contributed by atoms with E-state index in [1.165, 1.54) is 42.6 Å². The number of hydrogen-bond acceptors (Lipinski definition) is 1. The van der Waals surface area contributed by atoms with Crippen LogP contribution >= 0.6 is 0 Å². The lowest BCUT2D eigenvalue weighted by molar-refractivity contribution is 0.717. The van der Waals surface area contributed by atoms with E-state index in [2.05, 4.69) is 73.5 Å². The summed E-state index contributed by atoms with van der Waals surface area (Å²) >= 11 is 0. The molecule has 0 aliphatic heterocycles. The van der Waals surface area contributed by atoms with Crippen molar-refractivity contribution in [1.82, 2.24) is 0 Å². The number of aryl methyl sites for hydroxylation is 1. The van der Waals surface area contributed by atoms with E-state index in [1.54, 1.807) is 0 Å². The number of benzene rings is 2. The molecule has 0 amide bonds. The molecule has 0 aliphatic rings. The van der Waals surface area contributed by atoms with Gasteiger partial charge in [-0.3, -0.25) is 0 Å². The second-order valence-electron chi connectivity index (χ2n) is 4.98. The molecule has 0 bridgehead atoms. The predicted molar refractivity (Wildman–Crippen MR) is 84.2 cm³/mol. The Kier molecular flexibility index (Phi) is 5.02. The van der Waals surface area contributed by atoms with Crippen LogP contribution in [0.4, 0.5) is 11.4 Å². The van der Waals surface area contributed by atoms with E-state index >= 15 is 0 Å². The number of rotatable bonds is 6. The minimum atomic E-state index is 1.17. The van der Waals surface area contributed by atoms with Gasteiger partial charge < -0.3 is 4.90 Å². The highest BCUT2D eigenvalue weighted by Gasteiger charge is 2.07. The summed E-state index contributed by atoms with van der Waals surface area (Å²) in [6.07, 6.45) is 5.03. The largest absolute Gasteiger partial charge is 0.344 e. The lowest BCUT2D eigenvalue weighted by Crippen LogP contribution is -2.11. The SMILES string of the molecule is CCCCCc1ccccc1N(C)c1ccccc1. The molecule has 2 aromatic rings. The molecule has 19 heavy (non-hydrogen) atoms. The van der Waals surface area contributed by atoms with Crippen molar-refractivity contribution < 1.29 is 0 Å². The summed E-state index contributed by atoms with van der Waals surface area (Å²) in [7, 11) is 2.15. The lowest BCUT2D eigenvalue weighted by Gasteiger charge is -2.22. The smallest absolute Gasteiger partial charge is 0.0440 e. The average Bonchev–Trinajstić information content (AvgIpc) is 2.48. The molecular weight excluding hydrogens is 230 g/mol. The third kappa shape index (κ3) is 3.60. The van der Waals surface area contributed by atoms with Gasteiger partial charge >= 0.3 is 0 Å². The first-order valence-electron chi connectivity index (χ1n) is 7.19. The molecule has 0 unspecified atom stereocenters. The Balaban J connectivity index is 2.19. The highest BCUT2D eigenvalue weighted by atomic mass is 15.1. The van der Waals surface area contributed by atoms with Gasteiger partial charge in [0, 0.05) is 18.4 Å². The first-order chi connectivity index (χ1) is 9.33. The molecule has 0 heterocycles. The van der Waals surface area contributed by atoms with E-state index in [0.717, 1.165) is 0 Å². The maximum absolute atomic E-state index is 2.28. The van der Waals surface area contributed by atoms with Gasteiger partial charge in [-0.25, -0.2) is 0 Å². The third-order valence-electron chi connectivity index (χ3n) is 3.55. The fourth-order valence-electron chi connectivity index (χ4n) is 2.41. The highest BCUT2D eigenvalue weighted by molar-refractivity contribution is 5.65. The maximum Gasteiger partial charge on any atom is 0.0440 e. The summed E-state index contributed by atoms with van der Waals surface area (Å²) in [6.45, 7) is 2.25. The van der Waals surface area contributed by atoms with Gasteiger partial charge in [0.2, 0.25) is 0 Å². The van der Waals surface area contributed by atoms with Crippen LogP contribution in [0.15, 0.2) is 54.6 Å². The van der Waals surface area contributed by atoms with E-state index in [1.807, 2.05) is 0 Å². The fraction of sp³-hybridized carbons (Fsp3) is 0.333. The van der Waals surface area contributed by atoms with Crippen molar-refractivity contribution in [1.29, 1.82) is 0 Å². The summed E-state index contributed by atoms with van der Waals surface area (Å²) in [5, 5.41) is 0. The summed E-state index contributed by atoms with van der Waals surface area (Å²) in [5.41, 5.74) is 4.01. The topological polar surface area (TPSA) is 3.24 Å². The highest BCUT2D eigenvalue weighted by Crippen LogP contribution is 2.27. The van der Waals surface area contributed by atoms with Gasteiger partial charge in [0.05, 0.1) is 0 Å². The second kappa shape index (κ2) is 6.98. The molecule has 0 saturated carbocycles. The zero-order valence-corrected chi connectivity index (χ0v) is 12.0. The first-order valence-corrected chi connectivity index (χ1v) is 7.19. The standard InChI is InChI=1S/C18H23N/c1-3-4-6-11-16-12-9-10-15-18(16)19(2)17-13-7-5-8-14-17/h5,7-10,12-15H,3-4,6,11H2,1-2H3. The number of unbranched alkanes of at least 4 members (excludes halogenated alkanes) is 2. The molecule has 0 atom stereocenters. The minimum absolute atomic E-state index is 1.17. The van der Waals surface area contributed by atoms with Crippen molar-refractivity contribution in [3.63, 3.8) is 0 Å². The Hall–Kier alpha value is -1.76. The van der Waals surface area contributed by atoms with Crippen LogP contribution in [-0.2, 0) is 6.42 Å². The Labute approximate surface area is 116 Å². The van der Waals surface area contributed by atoms with Crippen LogP contribution < -0.4 is 4.90 Å². The molecule has 0 N–H and O–H groups in total. The molecule has 100 valence electrons. The third-order valence-corrected chi connectivity index (χ3v) is 3.55. The normalized spacial score (nSPS) is 10.4. The fourth-order valence-corrected chi connectivity index (χ4v) is 2.41. The van der Waals surface area contributed by atoms with E-state index in [0.29, 0.717) is 0 Å². The monoisotopic (exact) mass is 253 g/mol. The van der Waals surface area contributed by atoms with Gasteiger partial charge in [-0.1, -0.05) is 56.2 Å². The van der Waals surface area contributed by atoms with Gasteiger partial charge in [-0.15, -0.1) is 0 Å². The van der Waals surface area contributed by atoms with E-state index in [-0.39, 0.29) is 0 Å². The number of hydrogen-bond donors (Lipinski definition) is 0. The van der Waals surface area contributed by atoms with Crippen LogP contribution in [0.25, 0.3) is 0 Å². The lowest BCUT2D eigenvalue weighted by atomic mass is 10.0. The summed E-state index contributed by atoms with van der Waals surface area (Å²) in [4.78, 5) is 2.28. The number of para-hydroxylation sites is 2. The maximum atomic E-state index is 2.28. The van der Waals surface area contributed by atoms with Crippen molar-refractivity contribution in [2.75, 3.05) is 11.9 Å². The number of anilines is 2. The molecule has 0 spiro atoms. The Morgan fingerprint density at radius 1 is 0.842 bits per heavy atom. The summed E-state index contributed by atoms with van der Waals surface area (Å²) in [6, 6.07) is 19.3. The second-order valence-corrected chi connectivity index (χ2v) is 4.98. The molecule has 2 aromatic carbocycles. The molecule has 0 radical (unpaired) electrons. The van der Waals surface area contributed by atoms with Crippen LogP contribution in [0.3, 0.4) is 0 Å². The molecule has 0 aromatic heterocycles. The van der Waals surface area contributed by atoms with Gasteiger partial charge in [0.25, 0.3) is 0 Å². The Morgan fingerprint density at radius 3 is 2.26 bits per heavy atom. The zero-order chi connectivity index (χ0) is 13.5. The molecule has 1 nitrogen and oxygen atoms in total. The van der Waals surface area contributed by atoms with Crippen molar-refractivity contribution in [2.24, 2.45) is 0 Å². The molecule has 0 aliphatic carbocycles. The summed E-state index contributed by atoms with van der Waals surface area (Å²) < 4.78 is 0. The van der Waals surface area contributed by atoms with E-state index in [9.17, 15) is 0 Å². The predicted octanol–water partition coefficient (Wildman–Crippen LogP) is 5.19. The van der Waals surface area contributed by atoms with Crippen molar-refractivity contribution >= 4 is 11.4 Å².